The van der Waals surface area contributed by atoms with E-state index in [0.29, 0.717) is 6.29 Å². The van der Waals surface area contributed by atoms with Crippen molar-refractivity contribution in [3.63, 3.8) is 0 Å². The number of aldehydes is 1. The summed E-state index contributed by atoms with van der Waals surface area (Å²) in [5.74, 6) is 0.230. The van der Waals surface area contributed by atoms with Gasteiger partial charge in [-0.15, -0.1) is 0 Å². The second kappa shape index (κ2) is 4.46. The molecule has 0 bridgehead atoms. The van der Waals surface area contributed by atoms with Crippen LogP contribution >= 0.6 is 0 Å². The fourth-order valence-corrected chi connectivity index (χ4v) is 1.04. The molecule has 0 fully saturated rings. The second-order valence-corrected chi connectivity index (χ2v) is 2.40. The molecule has 0 amide bonds. The molecule has 1 aromatic heterocycles. The van der Waals surface area contributed by atoms with E-state index in [9.17, 15) is 4.79 Å². The van der Waals surface area contributed by atoms with Gasteiger partial charge in [0.25, 0.3) is 0 Å². The molecule has 0 aliphatic rings. The number of hydrogen-bond acceptors (Lipinski definition) is 3. The van der Waals surface area contributed by atoms with E-state index in [4.69, 9.17) is 0 Å². The Hall–Kier alpha value is -0.770. The van der Waals surface area contributed by atoms with Crippen molar-refractivity contribution in [2.75, 3.05) is 0 Å². The Bertz CT molecular complexity index is 431. The van der Waals surface area contributed by atoms with Crippen molar-refractivity contribution >= 4 is 46.7 Å². The molecule has 2 rings (SSSR count). The number of hydrogen-bond donors (Lipinski definition) is 0. The topological polar surface area (TPSA) is 42.9 Å². The third kappa shape index (κ3) is 2.12. The second-order valence-electron chi connectivity index (χ2n) is 2.40. The van der Waals surface area contributed by atoms with Crippen LogP contribution in [0.3, 0.4) is 0 Å². The van der Waals surface area contributed by atoms with Crippen LogP contribution < -0.4 is 0 Å². The summed E-state index contributed by atoms with van der Waals surface area (Å²) >= 11 is 0. The summed E-state index contributed by atoms with van der Waals surface area (Å²) < 4.78 is 0. The number of rotatable bonds is 1. The molecule has 3 nitrogen and oxygen atoms in total. The van der Waals surface area contributed by atoms with Gasteiger partial charge in [-0.3, -0.25) is 4.79 Å². The SMILES string of the molecule is O=Cc1ncc2ccccc2n1.[NaH]. The van der Waals surface area contributed by atoms with Gasteiger partial charge in [0.2, 0.25) is 0 Å². The summed E-state index contributed by atoms with van der Waals surface area (Å²) in [6.07, 6.45) is 2.29. The first-order valence-electron chi connectivity index (χ1n) is 3.57. The van der Waals surface area contributed by atoms with E-state index in [1.165, 1.54) is 0 Å². The van der Waals surface area contributed by atoms with Crippen molar-refractivity contribution in [3.05, 3.63) is 36.3 Å². The van der Waals surface area contributed by atoms with Crippen LogP contribution in [0.25, 0.3) is 10.9 Å². The van der Waals surface area contributed by atoms with E-state index < -0.39 is 0 Å². The average Bonchev–Trinajstić information content (AvgIpc) is 2.17. The monoisotopic (exact) mass is 182 g/mol. The molecular formula is C9H7N2NaO. The van der Waals surface area contributed by atoms with Gasteiger partial charge in [-0.05, 0) is 6.07 Å². The van der Waals surface area contributed by atoms with Crippen molar-refractivity contribution in [1.29, 1.82) is 0 Å². The third-order valence-electron chi connectivity index (χ3n) is 1.61. The molecule has 0 saturated carbocycles. The van der Waals surface area contributed by atoms with Crippen molar-refractivity contribution in [3.8, 4) is 0 Å². The zero-order valence-corrected chi connectivity index (χ0v) is 6.27. The maximum absolute atomic E-state index is 10.3. The Labute approximate surface area is 97.5 Å². The predicted molar refractivity (Wildman–Crippen MR) is 52.1 cm³/mol. The fourth-order valence-electron chi connectivity index (χ4n) is 1.04. The molecule has 1 heterocycles. The van der Waals surface area contributed by atoms with E-state index >= 15 is 0 Å². The van der Waals surface area contributed by atoms with Gasteiger partial charge in [-0.1, -0.05) is 18.2 Å². The Morgan fingerprint density at radius 2 is 2.00 bits per heavy atom. The first-order chi connectivity index (χ1) is 5.90. The molecule has 13 heavy (non-hydrogen) atoms. The van der Waals surface area contributed by atoms with E-state index in [0.717, 1.165) is 10.9 Å². The van der Waals surface area contributed by atoms with E-state index in [1.807, 2.05) is 24.3 Å². The van der Waals surface area contributed by atoms with Gasteiger partial charge in [0.15, 0.2) is 12.1 Å². The number of nitrogens with zero attached hydrogens (tertiary/aromatic N) is 2. The summed E-state index contributed by atoms with van der Waals surface area (Å²) in [4.78, 5) is 18.2. The number of carbonyl (C=O) groups is 1. The van der Waals surface area contributed by atoms with E-state index in [-0.39, 0.29) is 35.4 Å². The standard InChI is InChI=1S/C9H6N2O.Na.H/c12-6-9-10-5-7-3-1-2-4-8(7)11-9;;/h1-6H;;. The summed E-state index contributed by atoms with van der Waals surface area (Å²) in [5, 5.41) is 0.947. The molecule has 2 aromatic rings. The van der Waals surface area contributed by atoms with Crippen molar-refractivity contribution in [1.82, 2.24) is 9.97 Å². The molecule has 4 heteroatoms. The molecule has 0 N–H and O–H groups in total. The molecule has 1 aromatic carbocycles. The Kier molecular flexibility index (Phi) is 3.54. The number of aromatic nitrogens is 2. The van der Waals surface area contributed by atoms with E-state index in [2.05, 4.69) is 9.97 Å². The van der Waals surface area contributed by atoms with Crippen LogP contribution in [-0.4, -0.2) is 45.8 Å². The number of carbonyl (C=O) groups excluding carboxylic acids is 1. The molecule has 0 aliphatic heterocycles. The van der Waals surface area contributed by atoms with E-state index in [1.54, 1.807) is 6.20 Å². The Morgan fingerprint density at radius 1 is 1.23 bits per heavy atom. The third-order valence-corrected chi connectivity index (χ3v) is 1.61. The van der Waals surface area contributed by atoms with Crippen LogP contribution in [0.1, 0.15) is 10.6 Å². The van der Waals surface area contributed by atoms with Gasteiger partial charge in [0.1, 0.15) is 0 Å². The molecule has 0 saturated heterocycles. The summed E-state index contributed by atoms with van der Waals surface area (Å²) in [6.45, 7) is 0. The normalized spacial score (nSPS) is 9.23. The minimum absolute atomic E-state index is 0. The van der Waals surface area contributed by atoms with Gasteiger partial charge < -0.3 is 0 Å². The summed E-state index contributed by atoms with van der Waals surface area (Å²) in [7, 11) is 0. The quantitative estimate of drug-likeness (QED) is 0.483. The van der Waals surface area contributed by atoms with Crippen molar-refractivity contribution < 1.29 is 4.79 Å². The molecule has 0 radical (unpaired) electrons. The van der Waals surface area contributed by atoms with Gasteiger partial charge in [-0.25, -0.2) is 9.97 Å². The molecule has 60 valence electrons. The van der Waals surface area contributed by atoms with Gasteiger partial charge in [0, 0.05) is 11.6 Å². The molecule has 0 unspecified atom stereocenters. The van der Waals surface area contributed by atoms with Crippen molar-refractivity contribution in [2.45, 2.75) is 0 Å². The summed E-state index contributed by atoms with van der Waals surface area (Å²) in [5.41, 5.74) is 0.801. The number of para-hydroxylation sites is 1. The average molecular weight is 182 g/mol. The fraction of sp³-hybridized carbons (Fsp3) is 0. The van der Waals surface area contributed by atoms with Gasteiger partial charge >= 0.3 is 29.6 Å². The molecule has 0 spiro atoms. The summed E-state index contributed by atoms with van der Waals surface area (Å²) in [6, 6.07) is 7.55. The Balaban J connectivity index is 0.000000845. The van der Waals surface area contributed by atoms with Crippen LogP contribution in [0.15, 0.2) is 30.5 Å². The van der Waals surface area contributed by atoms with Crippen LogP contribution in [0.4, 0.5) is 0 Å². The molecule has 0 aliphatic carbocycles. The predicted octanol–water partition coefficient (Wildman–Crippen LogP) is 0.794. The number of benzene rings is 1. The van der Waals surface area contributed by atoms with Crippen molar-refractivity contribution in [2.24, 2.45) is 0 Å². The first kappa shape index (κ1) is 10.3. The van der Waals surface area contributed by atoms with Crippen LogP contribution in [0, 0.1) is 0 Å². The minimum atomic E-state index is 0. The van der Waals surface area contributed by atoms with Crippen LogP contribution in [0.5, 0.6) is 0 Å². The zero-order valence-electron chi connectivity index (χ0n) is 6.27. The number of fused-ring (bicyclic) bond motifs is 1. The zero-order chi connectivity index (χ0) is 8.39. The van der Waals surface area contributed by atoms with Crippen LogP contribution in [0.2, 0.25) is 0 Å². The molecule has 0 atom stereocenters. The first-order valence-corrected chi connectivity index (χ1v) is 3.57. The van der Waals surface area contributed by atoms with Gasteiger partial charge in [0.05, 0.1) is 5.52 Å². The van der Waals surface area contributed by atoms with Crippen LogP contribution in [-0.2, 0) is 0 Å². The Morgan fingerprint density at radius 3 is 2.77 bits per heavy atom. The maximum atomic E-state index is 10.3. The molecular weight excluding hydrogens is 175 g/mol. The van der Waals surface area contributed by atoms with Gasteiger partial charge in [-0.2, -0.15) is 0 Å².